The van der Waals surface area contributed by atoms with Crippen molar-refractivity contribution in [2.24, 2.45) is 0 Å². The van der Waals surface area contributed by atoms with Crippen LogP contribution in [-0.2, 0) is 18.7 Å². The molecular weight excluding hydrogens is 640 g/mol. The first-order chi connectivity index (χ1) is 24.8. The van der Waals surface area contributed by atoms with E-state index in [1.807, 2.05) is 0 Å². The van der Waals surface area contributed by atoms with Gasteiger partial charge in [0.2, 0.25) is 0 Å². The van der Waals surface area contributed by atoms with Crippen molar-refractivity contribution in [3.8, 4) is 0 Å². The second-order valence-electron chi connectivity index (χ2n) is 17.2. The van der Waals surface area contributed by atoms with Gasteiger partial charge in [0.15, 0.2) is 0 Å². The van der Waals surface area contributed by atoms with Crippen molar-refractivity contribution in [3.05, 3.63) is 53.1 Å². The minimum absolute atomic E-state index is 0.00500. The number of hydrogen-bond donors (Lipinski definition) is 0. The van der Waals surface area contributed by atoms with Crippen LogP contribution in [0.15, 0.2) is 36.4 Å². The van der Waals surface area contributed by atoms with Gasteiger partial charge in [0, 0.05) is 10.8 Å². The van der Waals surface area contributed by atoms with E-state index >= 15 is 0 Å². The Morgan fingerprint density at radius 3 is 1.26 bits per heavy atom. The van der Waals surface area contributed by atoms with Gasteiger partial charge in [0.1, 0.15) is 0 Å². The molecule has 1 aromatic heterocycles. The quantitative estimate of drug-likeness (QED) is 0.0869. The summed E-state index contributed by atoms with van der Waals surface area (Å²) in [7, 11) is 0.0100. The number of benzene rings is 2. The summed E-state index contributed by atoms with van der Waals surface area (Å²) in [5.41, 5.74) is 11.7. The van der Waals surface area contributed by atoms with Crippen molar-refractivity contribution in [3.63, 3.8) is 0 Å². The largest absolute Gasteiger partial charge is 0.247 e. The van der Waals surface area contributed by atoms with Gasteiger partial charge in [-0.3, -0.25) is 0 Å². The Kier molecular flexibility index (Phi) is 14.4. The van der Waals surface area contributed by atoms with E-state index in [1.165, 1.54) is 207 Å². The fraction of sp³-hybridized carbons (Fsp3) is 0.723. The number of unbranched alkanes of at least 4 members (excludes halogenated alkanes) is 5. The first-order valence-corrected chi connectivity index (χ1v) is 25.5. The zero-order chi connectivity index (χ0) is 34.0. The van der Waals surface area contributed by atoms with Gasteiger partial charge in [0.25, 0.3) is 0 Å². The molecule has 0 radical (unpaired) electrons. The predicted octanol–water partition coefficient (Wildman–Crippen LogP) is 15.6. The summed E-state index contributed by atoms with van der Waals surface area (Å²) >= 11 is 0. The molecule has 274 valence electrons. The molecule has 7 rings (SSSR count). The third-order valence-corrected chi connectivity index (χ3v) is 21.0. The van der Waals surface area contributed by atoms with Crippen molar-refractivity contribution in [1.29, 1.82) is 0 Å². The molecule has 0 aliphatic heterocycles. The van der Waals surface area contributed by atoms with E-state index in [0.717, 1.165) is 22.6 Å². The third-order valence-electron chi connectivity index (χ3n) is 13.8. The molecule has 1 heterocycles. The minimum Gasteiger partial charge on any atom is -0.247 e. The van der Waals surface area contributed by atoms with E-state index in [1.54, 1.807) is 16.7 Å². The van der Waals surface area contributed by atoms with Crippen LogP contribution in [0.4, 0.5) is 0 Å². The zero-order valence-electron chi connectivity index (χ0n) is 32.1. The van der Waals surface area contributed by atoms with E-state index in [2.05, 4.69) is 43.3 Å². The van der Waals surface area contributed by atoms with Crippen LogP contribution in [0, 0.1) is 0 Å². The SMILES string of the molecule is CCCCCCCCc1c2cccc(CP(C3CCCCC3)C3CCCCC3)c2nc2c(CP(C3CCCCC3)C3CCCCC3)cccc12. The lowest BCUT2D eigenvalue weighted by Gasteiger charge is -2.39. The number of rotatable bonds is 15. The number of pyridine rings is 1. The van der Waals surface area contributed by atoms with Crippen LogP contribution in [0.1, 0.15) is 191 Å². The Bertz CT molecular complexity index is 1320. The topological polar surface area (TPSA) is 12.9 Å². The molecule has 4 fully saturated rings. The Morgan fingerprint density at radius 2 is 0.860 bits per heavy atom. The summed E-state index contributed by atoms with van der Waals surface area (Å²) in [6.07, 6.45) is 41.8. The van der Waals surface area contributed by atoms with Gasteiger partial charge in [-0.25, -0.2) is 4.98 Å². The Labute approximate surface area is 309 Å². The molecule has 0 amide bonds. The summed E-state index contributed by atoms with van der Waals surface area (Å²) in [6.45, 7) is 2.34. The molecule has 4 saturated carbocycles. The van der Waals surface area contributed by atoms with Gasteiger partial charge < -0.3 is 0 Å². The molecule has 4 aliphatic carbocycles. The predicted molar refractivity (Wildman–Crippen MR) is 225 cm³/mol. The number of para-hydroxylation sites is 2. The first-order valence-electron chi connectivity index (χ1n) is 22.1. The molecule has 0 spiro atoms. The van der Waals surface area contributed by atoms with E-state index in [4.69, 9.17) is 4.98 Å². The Hall–Kier alpha value is -1.03. The van der Waals surface area contributed by atoms with Crippen LogP contribution in [-0.4, -0.2) is 27.6 Å². The maximum Gasteiger partial charge on any atom is 0.0748 e. The summed E-state index contributed by atoms with van der Waals surface area (Å²) in [6, 6.07) is 14.9. The van der Waals surface area contributed by atoms with E-state index in [0.29, 0.717) is 0 Å². The minimum atomic E-state index is 0.00500. The molecule has 2 aromatic carbocycles. The van der Waals surface area contributed by atoms with Gasteiger partial charge in [-0.2, -0.15) is 0 Å². The monoisotopic (exact) mass is 712 g/mol. The van der Waals surface area contributed by atoms with Crippen LogP contribution in [0.5, 0.6) is 0 Å². The molecule has 1 nitrogen and oxygen atoms in total. The molecule has 3 aromatic rings. The van der Waals surface area contributed by atoms with Gasteiger partial charge >= 0.3 is 0 Å². The van der Waals surface area contributed by atoms with Crippen molar-refractivity contribution in [2.45, 2.75) is 215 Å². The first kappa shape index (κ1) is 37.3. The number of aryl methyl sites for hydroxylation is 1. The fourth-order valence-corrected chi connectivity index (χ4v) is 18.6. The zero-order valence-corrected chi connectivity index (χ0v) is 33.9. The molecule has 4 aliphatic rings. The Balaban J connectivity index is 1.27. The van der Waals surface area contributed by atoms with Crippen LogP contribution < -0.4 is 0 Å². The molecule has 0 N–H and O–H groups in total. The van der Waals surface area contributed by atoms with E-state index in [9.17, 15) is 0 Å². The van der Waals surface area contributed by atoms with E-state index in [-0.39, 0.29) is 15.8 Å². The van der Waals surface area contributed by atoms with Crippen molar-refractivity contribution in [1.82, 2.24) is 4.98 Å². The van der Waals surface area contributed by atoms with Crippen LogP contribution in [0.25, 0.3) is 21.8 Å². The van der Waals surface area contributed by atoms with Crippen LogP contribution >= 0.6 is 15.8 Å². The van der Waals surface area contributed by atoms with Crippen molar-refractivity contribution >= 4 is 37.6 Å². The lowest BCUT2D eigenvalue weighted by molar-refractivity contribution is 0.484. The fourth-order valence-electron chi connectivity index (χ4n) is 11.0. The lowest BCUT2D eigenvalue weighted by atomic mass is 9.94. The van der Waals surface area contributed by atoms with Gasteiger partial charge in [-0.15, -0.1) is 0 Å². The van der Waals surface area contributed by atoms with Crippen molar-refractivity contribution in [2.75, 3.05) is 0 Å². The molecule has 0 bridgehead atoms. The summed E-state index contributed by atoms with van der Waals surface area (Å²) in [5, 5.41) is 3.01. The summed E-state index contributed by atoms with van der Waals surface area (Å²) in [4.78, 5) is 5.91. The van der Waals surface area contributed by atoms with Gasteiger partial charge in [-0.1, -0.05) is 168 Å². The van der Waals surface area contributed by atoms with Gasteiger partial charge in [0.05, 0.1) is 11.0 Å². The highest BCUT2D eigenvalue weighted by Gasteiger charge is 2.33. The maximum absolute atomic E-state index is 5.91. The summed E-state index contributed by atoms with van der Waals surface area (Å²) in [5.74, 6) is 0. The molecule has 0 unspecified atom stereocenters. The Morgan fingerprint density at radius 1 is 0.480 bits per heavy atom. The maximum atomic E-state index is 5.91. The highest BCUT2D eigenvalue weighted by atomic mass is 31.1. The second-order valence-corrected chi connectivity index (χ2v) is 22.9. The highest BCUT2D eigenvalue weighted by molar-refractivity contribution is 7.58. The van der Waals surface area contributed by atoms with E-state index < -0.39 is 0 Å². The van der Waals surface area contributed by atoms with Crippen LogP contribution in [0.3, 0.4) is 0 Å². The number of hydrogen-bond acceptors (Lipinski definition) is 1. The molecular formula is C47H71NP2. The number of aromatic nitrogens is 1. The second kappa shape index (κ2) is 19.3. The summed E-state index contributed by atoms with van der Waals surface area (Å²) < 4.78 is 0. The standard InChI is InChI=1S/C47H71NP2/c1-2-3-4-5-6-19-32-43-44-33-20-22-37(35-49(39-24-11-7-12-25-39)40-26-13-8-14-27-40)46(44)48-47-38(23-21-34-45(43)47)36-50(41-28-15-9-16-29-41)42-30-17-10-18-31-42/h20-23,33-34,39-42H,2-19,24-32,35-36H2,1H3. The molecule has 0 saturated heterocycles. The number of fused-ring (bicyclic) bond motifs is 2. The van der Waals surface area contributed by atoms with Crippen LogP contribution in [0.2, 0.25) is 0 Å². The molecule has 3 heteroatoms. The average Bonchev–Trinajstić information content (AvgIpc) is 3.18. The normalized spacial score (nSPS) is 20.9. The highest BCUT2D eigenvalue weighted by Crippen LogP contribution is 2.59. The number of nitrogens with zero attached hydrogens (tertiary/aromatic N) is 1. The van der Waals surface area contributed by atoms with Crippen molar-refractivity contribution < 1.29 is 0 Å². The third kappa shape index (κ3) is 9.36. The average molecular weight is 712 g/mol. The molecule has 0 atom stereocenters. The smallest absolute Gasteiger partial charge is 0.0748 e. The lowest BCUT2D eigenvalue weighted by Crippen LogP contribution is -2.21. The van der Waals surface area contributed by atoms with Gasteiger partial charge in [-0.05, 0) is 116 Å². The molecule has 50 heavy (non-hydrogen) atoms.